The molecule has 1 rings (SSSR count). The van der Waals surface area contributed by atoms with Crippen molar-refractivity contribution < 1.29 is 0 Å². The number of hydrogen-bond acceptors (Lipinski definition) is 2. The van der Waals surface area contributed by atoms with Gasteiger partial charge in [-0.2, -0.15) is 11.8 Å². The quantitative estimate of drug-likeness (QED) is 0.748. The minimum atomic E-state index is 0.650. The van der Waals surface area contributed by atoms with E-state index in [1.54, 1.807) is 0 Å². The van der Waals surface area contributed by atoms with Gasteiger partial charge in [-0.1, -0.05) is 44.5 Å². The minimum absolute atomic E-state index is 0.650. The van der Waals surface area contributed by atoms with Gasteiger partial charge in [0, 0.05) is 23.6 Å². The maximum Gasteiger partial charge on any atom is 0.0190 e. The van der Waals surface area contributed by atoms with E-state index in [2.05, 4.69) is 57.3 Å². The largest absolute Gasteiger partial charge is 0.313 e. The molecule has 0 saturated heterocycles. The van der Waals surface area contributed by atoms with Crippen molar-refractivity contribution >= 4 is 11.8 Å². The van der Waals surface area contributed by atoms with E-state index in [9.17, 15) is 0 Å². The fourth-order valence-corrected chi connectivity index (χ4v) is 2.97. The standard InChI is InChI=1S/C16H27NS/c1-5-8-14(3)17-11-15(4)18-12-16-10-7-6-9-13(16)2/h6-7,9-10,14-15,17H,5,8,11-12H2,1-4H3. The van der Waals surface area contributed by atoms with Crippen molar-refractivity contribution in [3.05, 3.63) is 35.4 Å². The van der Waals surface area contributed by atoms with Gasteiger partial charge in [-0.15, -0.1) is 0 Å². The Bertz CT molecular complexity index is 338. The lowest BCUT2D eigenvalue weighted by Crippen LogP contribution is -2.31. The van der Waals surface area contributed by atoms with Crippen LogP contribution in [0.3, 0.4) is 0 Å². The summed E-state index contributed by atoms with van der Waals surface area (Å²) in [6, 6.07) is 9.33. The van der Waals surface area contributed by atoms with E-state index < -0.39 is 0 Å². The summed E-state index contributed by atoms with van der Waals surface area (Å²) in [5, 5.41) is 4.28. The number of nitrogens with one attached hydrogen (secondary N) is 1. The Labute approximate surface area is 117 Å². The normalized spacial score (nSPS) is 14.4. The molecule has 0 bridgehead atoms. The predicted octanol–water partition coefficient (Wildman–Crippen LogP) is 4.39. The molecular weight excluding hydrogens is 238 g/mol. The second kappa shape index (κ2) is 8.60. The third-order valence-electron chi connectivity index (χ3n) is 3.26. The molecule has 0 aliphatic heterocycles. The summed E-state index contributed by atoms with van der Waals surface area (Å²) in [5.41, 5.74) is 2.88. The molecule has 1 N–H and O–H groups in total. The van der Waals surface area contributed by atoms with Crippen LogP contribution in [0.4, 0.5) is 0 Å². The van der Waals surface area contributed by atoms with Gasteiger partial charge in [0.15, 0.2) is 0 Å². The molecule has 1 aromatic rings. The third kappa shape index (κ3) is 5.92. The van der Waals surface area contributed by atoms with Gasteiger partial charge in [0.05, 0.1) is 0 Å². The molecule has 102 valence electrons. The van der Waals surface area contributed by atoms with E-state index >= 15 is 0 Å². The minimum Gasteiger partial charge on any atom is -0.313 e. The zero-order valence-corrected chi connectivity index (χ0v) is 13.0. The van der Waals surface area contributed by atoms with Gasteiger partial charge in [0.25, 0.3) is 0 Å². The van der Waals surface area contributed by atoms with Crippen molar-refractivity contribution in [2.75, 3.05) is 6.54 Å². The predicted molar refractivity (Wildman–Crippen MR) is 84.3 cm³/mol. The molecule has 2 unspecified atom stereocenters. The second-order valence-electron chi connectivity index (χ2n) is 5.15. The van der Waals surface area contributed by atoms with Gasteiger partial charge in [-0.05, 0) is 31.4 Å². The highest BCUT2D eigenvalue weighted by molar-refractivity contribution is 7.99. The van der Waals surface area contributed by atoms with Crippen molar-refractivity contribution in [1.29, 1.82) is 0 Å². The van der Waals surface area contributed by atoms with Crippen LogP contribution in [-0.4, -0.2) is 17.8 Å². The van der Waals surface area contributed by atoms with Gasteiger partial charge in [0.1, 0.15) is 0 Å². The average molecular weight is 265 g/mol. The zero-order chi connectivity index (χ0) is 13.4. The summed E-state index contributed by atoms with van der Waals surface area (Å²) in [7, 11) is 0. The Morgan fingerprint density at radius 2 is 1.94 bits per heavy atom. The highest BCUT2D eigenvalue weighted by atomic mass is 32.2. The topological polar surface area (TPSA) is 12.0 Å². The fraction of sp³-hybridized carbons (Fsp3) is 0.625. The Balaban J connectivity index is 2.25. The summed E-state index contributed by atoms with van der Waals surface area (Å²) in [5.74, 6) is 1.12. The summed E-state index contributed by atoms with van der Waals surface area (Å²) in [6.45, 7) is 10.1. The monoisotopic (exact) mass is 265 g/mol. The van der Waals surface area contributed by atoms with Crippen LogP contribution in [0.1, 0.15) is 44.7 Å². The maximum absolute atomic E-state index is 3.61. The number of rotatable bonds is 8. The van der Waals surface area contributed by atoms with E-state index in [1.807, 2.05) is 11.8 Å². The first-order chi connectivity index (χ1) is 8.63. The smallest absolute Gasteiger partial charge is 0.0190 e. The third-order valence-corrected chi connectivity index (χ3v) is 4.47. The molecule has 1 nitrogen and oxygen atoms in total. The van der Waals surface area contributed by atoms with E-state index in [-0.39, 0.29) is 0 Å². The van der Waals surface area contributed by atoms with Crippen LogP contribution in [0, 0.1) is 6.92 Å². The molecule has 0 fully saturated rings. The van der Waals surface area contributed by atoms with Crippen molar-refractivity contribution in [2.45, 2.75) is 57.6 Å². The summed E-state index contributed by atoms with van der Waals surface area (Å²) >= 11 is 2.04. The van der Waals surface area contributed by atoms with Gasteiger partial charge in [-0.3, -0.25) is 0 Å². The number of hydrogen-bond donors (Lipinski definition) is 1. The van der Waals surface area contributed by atoms with Crippen LogP contribution >= 0.6 is 11.8 Å². The molecule has 0 aromatic heterocycles. The number of benzene rings is 1. The highest BCUT2D eigenvalue weighted by Gasteiger charge is 2.06. The Kier molecular flexibility index (Phi) is 7.45. The molecule has 1 aromatic carbocycles. The van der Waals surface area contributed by atoms with Crippen LogP contribution < -0.4 is 5.32 Å². The molecular formula is C16H27NS. The molecule has 0 aliphatic rings. The molecule has 0 aliphatic carbocycles. The van der Waals surface area contributed by atoms with Crippen LogP contribution in [0.15, 0.2) is 24.3 Å². The number of thioether (sulfide) groups is 1. The molecule has 0 amide bonds. The molecule has 2 atom stereocenters. The molecule has 0 spiro atoms. The van der Waals surface area contributed by atoms with Crippen molar-refractivity contribution in [1.82, 2.24) is 5.32 Å². The van der Waals surface area contributed by atoms with E-state index in [4.69, 9.17) is 0 Å². The van der Waals surface area contributed by atoms with Crippen molar-refractivity contribution in [3.63, 3.8) is 0 Å². The zero-order valence-electron chi connectivity index (χ0n) is 12.2. The summed E-state index contributed by atoms with van der Waals surface area (Å²) < 4.78 is 0. The highest BCUT2D eigenvalue weighted by Crippen LogP contribution is 2.19. The van der Waals surface area contributed by atoms with E-state index in [0.717, 1.165) is 12.3 Å². The lowest BCUT2D eigenvalue weighted by molar-refractivity contribution is 0.511. The molecule has 0 radical (unpaired) electrons. The van der Waals surface area contributed by atoms with Crippen molar-refractivity contribution in [3.8, 4) is 0 Å². The lowest BCUT2D eigenvalue weighted by atomic mass is 10.1. The Hall–Kier alpha value is -0.470. The Morgan fingerprint density at radius 3 is 2.61 bits per heavy atom. The first kappa shape index (κ1) is 15.6. The SMILES string of the molecule is CCCC(C)NCC(C)SCc1ccccc1C. The van der Waals surface area contributed by atoms with Gasteiger partial charge in [-0.25, -0.2) is 0 Å². The lowest BCUT2D eigenvalue weighted by Gasteiger charge is -2.17. The van der Waals surface area contributed by atoms with Crippen LogP contribution in [0.5, 0.6) is 0 Å². The van der Waals surface area contributed by atoms with Gasteiger partial charge >= 0.3 is 0 Å². The Morgan fingerprint density at radius 1 is 1.22 bits per heavy atom. The van der Waals surface area contributed by atoms with Gasteiger partial charge in [0.2, 0.25) is 0 Å². The van der Waals surface area contributed by atoms with Crippen LogP contribution in [-0.2, 0) is 5.75 Å². The van der Waals surface area contributed by atoms with Crippen LogP contribution in [0.2, 0.25) is 0 Å². The van der Waals surface area contributed by atoms with Crippen LogP contribution in [0.25, 0.3) is 0 Å². The first-order valence-electron chi connectivity index (χ1n) is 7.03. The second-order valence-corrected chi connectivity index (χ2v) is 6.57. The molecule has 0 saturated carbocycles. The number of aryl methyl sites for hydroxylation is 1. The fourth-order valence-electron chi connectivity index (χ4n) is 1.97. The van der Waals surface area contributed by atoms with E-state index in [1.165, 1.54) is 24.0 Å². The van der Waals surface area contributed by atoms with Gasteiger partial charge < -0.3 is 5.32 Å². The van der Waals surface area contributed by atoms with E-state index in [0.29, 0.717) is 11.3 Å². The molecule has 18 heavy (non-hydrogen) atoms. The maximum atomic E-state index is 3.61. The summed E-state index contributed by atoms with van der Waals surface area (Å²) in [4.78, 5) is 0. The first-order valence-corrected chi connectivity index (χ1v) is 8.07. The molecule has 0 heterocycles. The van der Waals surface area contributed by atoms with Crippen molar-refractivity contribution in [2.24, 2.45) is 0 Å². The molecule has 2 heteroatoms. The summed E-state index contributed by atoms with van der Waals surface area (Å²) in [6.07, 6.45) is 2.54. The average Bonchev–Trinajstić information content (AvgIpc) is 2.36.